The first-order valence-corrected chi connectivity index (χ1v) is 10.1. The van der Waals surface area contributed by atoms with Crippen molar-refractivity contribution in [2.24, 2.45) is 5.92 Å². The summed E-state index contributed by atoms with van der Waals surface area (Å²) in [5.74, 6) is -3.65. The van der Waals surface area contributed by atoms with Crippen LogP contribution < -0.4 is 5.32 Å². The number of alkyl halides is 3. The van der Waals surface area contributed by atoms with Gasteiger partial charge >= 0.3 is 12.1 Å². The molecular weight excluding hydrogens is 459 g/mol. The maximum atomic E-state index is 13.5. The molecule has 0 radical (unpaired) electrons. The third-order valence-corrected chi connectivity index (χ3v) is 6.56. The molecule has 1 saturated heterocycles. The van der Waals surface area contributed by atoms with E-state index >= 15 is 0 Å². The minimum atomic E-state index is -4.87. The normalized spacial score (nSPS) is 27.2. The molecular formula is C22H20F3N3O6. The number of benzene rings is 1. The maximum Gasteiger partial charge on any atom is 0.417 e. The second-order valence-electron chi connectivity index (χ2n) is 8.57. The van der Waals surface area contributed by atoms with Gasteiger partial charge in [-0.1, -0.05) is 0 Å². The van der Waals surface area contributed by atoms with Gasteiger partial charge in [-0.05, 0) is 32.0 Å². The van der Waals surface area contributed by atoms with E-state index in [0.29, 0.717) is 6.07 Å². The van der Waals surface area contributed by atoms with E-state index in [-0.39, 0.29) is 16.8 Å². The molecule has 2 aliphatic heterocycles. The molecule has 9 nitrogen and oxygen atoms in total. The highest BCUT2D eigenvalue weighted by atomic mass is 19.4. The number of aromatic nitrogens is 1. The number of rotatable bonds is 3. The zero-order chi connectivity index (χ0) is 25.4. The molecule has 2 bridgehead atoms. The highest BCUT2D eigenvalue weighted by Crippen LogP contribution is 2.66. The molecule has 2 aliphatic rings. The summed E-state index contributed by atoms with van der Waals surface area (Å²) in [6.07, 6.45) is -4.87. The van der Waals surface area contributed by atoms with Crippen molar-refractivity contribution in [1.82, 2.24) is 9.88 Å². The number of halogens is 3. The fourth-order valence-corrected chi connectivity index (χ4v) is 5.28. The van der Waals surface area contributed by atoms with Crippen molar-refractivity contribution in [3.05, 3.63) is 40.5 Å². The van der Waals surface area contributed by atoms with Gasteiger partial charge in [0, 0.05) is 6.92 Å². The van der Waals surface area contributed by atoms with Crippen LogP contribution in [0.1, 0.15) is 43.0 Å². The first-order chi connectivity index (χ1) is 15.7. The number of carbonyl (C=O) groups is 2. The van der Waals surface area contributed by atoms with Crippen molar-refractivity contribution in [3.63, 3.8) is 0 Å². The molecule has 3 heterocycles. The van der Waals surface area contributed by atoms with E-state index < -0.39 is 64.1 Å². The Morgan fingerprint density at radius 1 is 1.21 bits per heavy atom. The number of hydrogen-bond donors (Lipinski definition) is 3. The number of methoxy groups -OCH3 is 1. The van der Waals surface area contributed by atoms with E-state index in [1.54, 1.807) is 0 Å². The first kappa shape index (κ1) is 23.4. The minimum absolute atomic E-state index is 0.0116. The number of fused-ring (bicyclic) bond motifs is 5. The number of hydrogen-bond acceptors (Lipinski definition) is 7. The fourth-order valence-electron chi connectivity index (χ4n) is 5.28. The monoisotopic (exact) mass is 479 g/mol. The van der Waals surface area contributed by atoms with Crippen LogP contribution in [0.25, 0.3) is 5.69 Å². The SMILES string of the molecule is COC(=O)[C@@H]1[C@@H](NC(C)=O)C2(C)OC1(C)c1c2c(O)n(-c2ccc(C#N)c(C(F)(F)F)c2)c1O. The second-order valence-corrected chi connectivity index (χ2v) is 8.57. The number of amides is 1. The Balaban J connectivity index is 1.99. The summed E-state index contributed by atoms with van der Waals surface area (Å²) in [5, 5.41) is 33.9. The molecule has 34 heavy (non-hydrogen) atoms. The molecule has 3 N–H and O–H groups in total. The summed E-state index contributed by atoms with van der Waals surface area (Å²) < 4.78 is 52.3. The topological polar surface area (TPSA) is 134 Å². The van der Waals surface area contributed by atoms with Crippen molar-refractivity contribution in [2.75, 3.05) is 7.11 Å². The molecule has 1 aromatic heterocycles. The number of nitrogens with zero attached hydrogens (tertiary/aromatic N) is 2. The van der Waals surface area contributed by atoms with Gasteiger partial charge in [0.15, 0.2) is 0 Å². The van der Waals surface area contributed by atoms with E-state index in [2.05, 4.69) is 5.32 Å². The summed E-state index contributed by atoms with van der Waals surface area (Å²) in [6, 6.07) is 3.15. The van der Waals surface area contributed by atoms with Crippen molar-refractivity contribution >= 4 is 11.9 Å². The standard InChI is InChI=1S/C22H20F3N3O6/c1-9(29)27-16-15(19(32)33-4)20(2)13-14(21(16,3)34-20)18(31)28(17(13)30)11-6-5-10(8-26)12(7-11)22(23,24)25/h5-7,15-16,30-31H,1-4H3,(H,27,29)/t15-,16+,20?,21?/m0/s1. The third kappa shape index (κ3) is 2.89. The zero-order valence-electron chi connectivity index (χ0n) is 18.4. The summed E-state index contributed by atoms with van der Waals surface area (Å²) >= 11 is 0. The van der Waals surface area contributed by atoms with Crippen LogP contribution >= 0.6 is 0 Å². The van der Waals surface area contributed by atoms with Gasteiger partial charge in [-0.25, -0.2) is 0 Å². The zero-order valence-corrected chi connectivity index (χ0v) is 18.4. The smallest absolute Gasteiger partial charge is 0.417 e. The van der Waals surface area contributed by atoms with E-state index in [1.165, 1.54) is 26.8 Å². The number of ether oxygens (including phenoxy) is 2. The first-order valence-electron chi connectivity index (χ1n) is 10.1. The van der Waals surface area contributed by atoms with Crippen LogP contribution in [0.3, 0.4) is 0 Å². The Morgan fingerprint density at radius 3 is 2.29 bits per heavy atom. The average Bonchev–Trinajstić information content (AvgIpc) is 3.25. The van der Waals surface area contributed by atoms with Gasteiger partial charge in [-0.2, -0.15) is 18.4 Å². The van der Waals surface area contributed by atoms with Crippen LogP contribution in [0.4, 0.5) is 13.2 Å². The van der Waals surface area contributed by atoms with Crippen LogP contribution in [0.15, 0.2) is 18.2 Å². The fraction of sp³-hybridized carbons (Fsp3) is 0.409. The van der Waals surface area contributed by atoms with E-state index in [1.807, 2.05) is 0 Å². The number of carbonyl (C=O) groups excluding carboxylic acids is 2. The molecule has 0 spiro atoms. The largest absolute Gasteiger partial charge is 0.494 e. The Morgan fingerprint density at radius 2 is 1.79 bits per heavy atom. The minimum Gasteiger partial charge on any atom is -0.494 e. The molecule has 4 atom stereocenters. The van der Waals surface area contributed by atoms with Gasteiger partial charge in [-0.15, -0.1) is 0 Å². The number of nitrogens with one attached hydrogen (secondary N) is 1. The van der Waals surface area contributed by atoms with Gasteiger partial charge in [0.2, 0.25) is 17.7 Å². The average molecular weight is 479 g/mol. The Labute approximate surface area is 191 Å². The van der Waals surface area contributed by atoms with Crippen LogP contribution in [0.2, 0.25) is 0 Å². The lowest BCUT2D eigenvalue weighted by atomic mass is 9.69. The highest BCUT2D eigenvalue weighted by molar-refractivity contribution is 5.82. The molecule has 12 heteroatoms. The molecule has 0 saturated carbocycles. The van der Waals surface area contributed by atoms with Crippen LogP contribution in [0, 0.1) is 17.2 Å². The van der Waals surface area contributed by atoms with Crippen molar-refractivity contribution in [2.45, 2.75) is 44.2 Å². The summed E-state index contributed by atoms with van der Waals surface area (Å²) in [7, 11) is 1.14. The quantitative estimate of drug-likeness (QED) is 0.576. The predicted molar refractivity (Wildman–Crippen MR) is 108 cm³/mol. The molecule has 1 fully saturated rings. The Bertz CT molecular complexity index is 1280. The molecule has 2 aromatic rings. The van der Waals surface area contributed by atoms with E-state index in [4.69, 9.17) is 14.7 Å². The predicted octanol–water partition coefficient (Wildman–Crippen LogP) is 2.55. The Hall–Kier alpha value is -3.72. The van der Waals surface area contributed by atoms with Gasteiger partial charge in [-0.3, -0.25) is 14.2 Å². The van der Waals surface area contributed by atoms with Crippen molar-refractivity contribution in [3.8, 4) is 23.5 Å². The van der Waals surface area contributed by atoms with E-state index in [0.717, 1.165) is 23.8 Å². The lowest BCUT2D eigenvalue weighted by Crippen LogP contribution is -2.54. The molecule has 4 rings (SSSR count). The third-order valence-electron chi connectivity index (χ3n) is 6.56. The molecule has 1 aromatic carbocycles. The van der Waals surface area contributed by atoms with Crippen LogP contribution in [-0.2, 0) is 36.4 Å². The summed E-state index contributed by atoms with van der Waals surface area (Å²) in [6.45, 7) is 4.18. The summed E-state index contributed by atoms with van der Waals surface area (Å²) in [4.78, 5) is 24.6. The highest BCUT2D eigenvalue weighted by Gasteiger charge is 2.72. The lowest BCUT2D eigenvalue weighted by Gasteiger charge is -2.34. The lowest BCUT2D eigenvalue weighted by molar-refractivity contribution is -0.153. The molecule has 1 amide bonds. The molecule has 2 unspecified atom stereocenters. The van der Waals surface area contributed by atoms with Gasteiger partial charge in [0.25, 0.3) is 0 Å². The number of nitriles is 1. The van der Waals surface area contributed by atoms with Crippen molar-refractivity contribution in [1.29, 1.82) is 5.26 Å². The van der Waals surface area contributed by atoms with Crippen LogP contribution in [0.5, 0.6) is 11.8 Å². The number of esters is 1. The summed E-state index contributed by atoms with van der Waals surface area (Å²) in [5.41, 5.74) is -5.26. The molecule has 180 valence electrons. The Kier molecular flexibility index (Phi) is 4.92. The van der Waals surface area contributed by atoms with E-state index in [9.17, 15) is 33.0 Å². The van der Waals surface area contributed by atoms with Gasteiger partial charge in [0.05, 0.1) is 47.2 Å². The maximum absolute atomic E-state index is 13.5. The van der Waals surface area contributed by atoms with Crippen LogP contribution in [-0.4, -0.2) is 39.8 Å². The van der Waals surface area contributed by atoms with Gasteiger partial charge in [0.1, 0.15) is 17.1 Å². The molecule has 0 aliphatic carbocycles. The van der Waals surface area contributed by atoms with Crippen molar-refractivity contribution < 1.29 is 42.4 Å². The number of aromatic hydroxyl groups is 2. The second kappa shape index (κ2) is 7.14. The van der Waals surface area contributed by atoms with Gasteiger partial charge < -0.3 is 25.0 Å².